The van der Waals surface area contributed by atoms with Gasteiger partial charge in [0.15, 0.2) is 24.6 Å². The lowest BCUT2D eigenvalue weighted by Crippen LogP contribution is -2.58. The molecule has 0 unspecified atom stereocenters. The number of aliphatic hydroxyl groups is 1. The molecule has 0 radical (unpaired) electrons. The molecule has 0 bridgehead atoms. The zero-order valence-corrected chi connectivity index (χ0v) is 15.6. The fourth-order valence-electron chi connectivity index (χ4n) is 1.95. The molecule has 8 heteroatoms. The Kier molecular flexibility index (Phi) is 7.82. The zero-order chi connectivity index (χ0) is 19.3. The topological polar surface area (TPSA) is 108 Å². The van der Waals surface area contributed by atoms with Gasteiger partial charge in [-0.25, -0.2) is 0 Å². The van der Waals surface area contributed by atoms with Crippen molar-refractivity contribution in [3.05, 3.63) is 0 Å². The van der Waals surface area contributed by atoms with Gasteiger partial charge in [0.25, 0.3) is 0 Å². The van der Waals surface area contributed by atoms with E-state index in [0.717, 1.165) is 0 Å². The highest BCUT2D eigenvalue weighted by atomic mass is 16.7. The lowest BCUT2D eigenvalue weighted by Gasteiger charge is -2.39. The van der Waals surface area contributed by atoms with Crippen molar-refractivity contribution >= 4 is 17.9 Å². The van der Waals surface area contributed by atoms with Crippen molar-refractivity contribution in [2.75, 3.05) is 6.61 Å². The second-order valence-electron chi connectivity index (χ2n) is 6.97. The molecule has 0 aromatic rings. The van der Waals surface area contributed by atoms with Crippen molar-refractivity contribution in [1.82, 2.24) is 0 Å². The van der Waals surface area contributed by atoms with Gasteiger partial charge in [-0.2, -0.15) is 0 Å². The summed E-state index contributed by atoms with van der Waals surface area (Å²) in [6.07, 6.45) is -4.90. The Morgan fingerprint density at radius 3 is 1.64 bits per heavy atom. The highest BCUT2D eigenvalue weighted by Gasteiger charge is 2.47. The van der Waals surface area contributed by atoms with Crippen LogP contribution in [0.4, 0.5) is 0 Å². The second-order valence-corrected chi connectivity index (χ2v) is 6.97. The average Bonchev–Trinajstić information content (AvgIpc) is 2.52. The maximum absolute atomic E-state index is 12.0. The third-order valence-corrected chi connectivity index (χ3v) is 3.59. The molecule has 8 nitrogen and oxygen atoms in total. The van der Waals surface area contributed by atoms with Gasteiger partial charge in [-0.15, -0.1) is 0 Å². The van der Waals surface area contributed by atoms with Crippen molar-refractivity contribution in [2.45, 2.75) is 66.1 Å². The standard InChI is InChI=1S/C17H28O8/c1-8(2)14(18)23-11-7-22-17(21)13(25-16(20)10(5)6)12(11)24-15(19)9(3)4/h8-13,17,21H,7H2,1-6H3/t11-,12-,13+,17+/m0/s1. The predicted octanol–water partition coefficient (Wildman–Crippen LogP) is 1.04. The van der Waals surface area contributed by atoms with Gasteiger partial charge in [-0.1, -0.05) is 41.5 Å². The number of carbonyl (C=O) groups excluding carboxylic acids is 3. The summed E-state index contributed by atoms with van der Waals surface area (Å²) in [6, 6.07) is 0. The Bertz CT molecular complexity index is 485. The molecule has 0 saturated carbocycles. The summed E-state index contributed by atoms with van der Waals surface area (Å²) in [4.78, 5) is 35.9. The highest BCUT2D eigenvalue weighted by Crippen LogP contribution is 2.25. The molecule has 1 heterocycles. The molecule has 1 aliphatic rings. The number of aliphatic hydroxyl groups excluding tert-OH is 1. The first kappa shape index (κ1) is 21.4. The summed E-state index contributed by atoms with van der Waals surface area (Å²) in [5.41, 5.74) is 0. The van der Waals surface area contributed by atoms with Crippen LogP contribution < -0.4 is 0 Å². The minimum atomic E-state index is -1.48. The molecule has 1 fully saturated rings. The Morgan fingerprint density at radius 1 is 0.800 bits per heavy atom. The Labute approximate surface area is 147 Å². The van der Waals surface area contributed by atoms with Crippen LogP contribution in [0.1, 0.15) is 41.5 Å². The van der Waals surface area contributed by atoms with E-state index in [1.807, 2.05) is 0 Å². The minimum Gasteiger partial charge on any atom is -0.456 e. The molecular formula is C17H28O8. The smallest absolute Gasteiger partial charge is 0.308 e. The highest BCUT2D eigenvalue weighted by molar-refractivity contribution is 5.73. The molecule has 144 valence electrons. The maximum Gasteiger partial charge on any atom is 0.308 e. The second kappa shape index (κ2) is 9.15. The molecule has 0 spiro atoms. The van der Waals surface area contributed by atoms with Crippen LogP contribution in [0.5, 0.6) is 0 Å². The van der Waals surface area contributed by atoms with Crippen molar-refractivity contribution in [2.24, 2.45) is 17.8 Å². The Morgan fingerprint density at radius 2 is 1.20 bits per heavy atom. The summed E-state index contributed by atoms with van der Waals surface area (Å²) in [7, 11) is 0. The summed E-state index contributed by atoms with van der Waals surface area (Å²) in [5.74, 6) is -2.95. The molecule has 0 aromatic heterocycles. The normalized spacial score (nSPS) is 26.6. The molecule has 1 saturated heterocycles. The molecular weight excluding hydrogens is 332 g/mol. The molecule has 1 N–H and O–H groups in total. The molecule has 1 aliphatic heterocycles. The van der Waals surface area contributed by atoms with E-state index in [1.165, 1.54) is 0 Å². The number of esters is 3. The number of hydrogen-bond acceptors (Lipinski definition) is 8. The van der Waals surface area contributed by atoms with Gasteiger partial charge in [0.05, 0.1) is 24.4 Å². The fraction of sp³-hybridized carbons (Fsp3) is 0.824. The van der Waals surface area contributed by atoms with Crippen LogP contribution in [0.25, 0.3) is 0 Å². The Balaban J connectivity index is 3.03. The first-order chi connectivity index (χ1) is 11.5. The number of rotatable bonds is 6. The average molecular weight is 360 g/mol. The molecule has 4 atom stereocenters. The van der Waals surface area contributed by atoms with E-state index < -0.39 is 60.3 Å². The number of hydrogen-bond donors (Lipinski definition) is 1. The third-order valence-electron chi connectivity index (χ3n) is 3.59. The summed E-state index contributed by atoms with van der Waals surface area (Å²) >= 11 is 0. The van der Waals surface area contributed by atoms with Crippen LogP contribution in [0.2, 0.25) is 0 Å². The van der Waals surface area contributed by atoms with E-state index in [9.17, 15) is 19.5 Å². The molecule has 0 aromatic carbocycles. The molecule has 1 rings (SSSR count). The lowest BCUT2D eigenvalue weighted by molar-refractivity contribution is -0.270. The number of carbonyl (C=O) groups is 3. The van der Waals surface area contributed by atoms with E-state index in [0.29, 0.717) is 0 Å². The van der Waals surface area contributed by atoms with Crippen LogP contribution in [0, 0.1) is 17.8 Å². The summed E-state index contributed by atoms with van der Waals surface area (Å²) in [6.45, 7) is 9.68. The van der Waals surface area contributed by atoms with Crippen LogP contribution in [0.3, 0.4) is 0 Å². The fourth-order valence-corrected chi connectivity index (χ4v) is 1.95. The van der Waals surface area contributed by atoms with E-state index in [-0.39, 0.29) is 6.61 Å². The molecule has 0 aliphatic carbocycles. The van der Waals surface area contributed by atoms with Gasteiger partial charge >= 0.3 is 17.9 Å². The van der Waals surface area contributed by atoms with E-state index in [4.69, 9.17) is 18.9 Å². The van der Waals surface area contributed by atoms with Crippen molar-refractivity contribution in [3.8, 4) is 0 Å². The van der Waals surface area contributed by atoms with Gasteiger partial charge in [0, 0.05) is 0 Å². The van der Waals surface area contributed by atoms with Crippen LogP contribution in [0.15, 0.2) is 0 Å². The lowest BCUT2D eigenvalue weighted by atomic mass is 10.0. The Hall–Kier alpha value is -1.67. The SMILES string of the molecule is CC(C)C(=O)O[C@@H]1[C@@H](OC(=O)C(C)C)[C@@H](OC(=O)C(C)C)CO[C@H]1O. The quantitative estimate of drug-likeness (QED) is 0.553. The summed E-state index contributed by atoms with van der Waals surface area (Å²) < 4.78 is 21.1. The van der Waals surface area contributed by atoms with Gasteiger partial charge in [0.2, 0.25) is 0 Å². The molecule has 0 amide bonds. The first-order valence-electron chi connectivity index (χ1n) is 8.45. The van der Waals surface area contributed by atoms with Crippen LogP contribution >= 0.6 is 0 Å². The van der Waals surface area contributed by atoms with Crippen molar-refractivity contribution in [1.29, 1.82) is 0 Å². The van der Waals surface area contributed by atoms with E-state index in [2.05, 4.69) is 0 Å². The van der Waals surface area contributed by atoms with Crippen molar-refractivity contribution in [3.63, 3.8) is 0 Å². The van der Waals surface area contributed by atoms with E-state index in [1.54, 1.807) is 41.5 Å². The maximum atomic E-state index is 12.0. The first-order valence-corrected chi connectivity index (χ1v) is 8.45. The monoisotopic (exact) mass is 360 g/mol. The minimum absolute atomic E-state index is 0.175. The third kappa shape index (κ3) is 5.97. The van der Waals surface area contributed by atoms with Crippen LogP contribution in [-0.2, 0) is 33.3 Å². The van der Waals surface area contributed by atoms with Crippen molar-refractivity contribution < 1.29 is 38.4 Å². The number of ether oxygens (including phenoxy) is 4. The van der Waals surface area contributed by atoms with E-state index >= 15 is 0 Å². The van der Waals surface area contributed by atoms with Gasteiger partial charge < -0.3 is 24.1 Å². The summed E-state index contributed by atoms with van der Waals surface area (Å²) in [5, 5.41) is 10.1. The molecule has 25 heavy (non-hydrogen) atoms. The van der Waals surface area contributed by atoms with Gasteiger partial charge in [0.1, 0.15) is 0 Å². The zero-order valence-electron chi connectivity index (χ0n) is 15.6. The largest absolute Gasteiger partial charge is 0.456 e. The van der Waals surface area contributed by atoms with Gasteiger partial charge in [-0.05, 0) is 0 Å². The van der Waals surface area contributed by atoms with Crippen LogP contribution in [-0.4, -0.2) is 54.2 Å². The van der Waals surface area contributed by atoms with Gasteiger partial charge in [-0.3, -0.25) is 14.4 Å². The predicted molar refractivity (Wildman–Crippen MR) is 86.1 cm³/mol.